The van der Waals surface area contributed by atoms with Crippen molar-refractivity contribution in [1.29, 1.82) is 0 Å². The molecule has 0 aliphatic rings. The summed E-state index contributed by atoms with van der Waals surface area (Å²) in [5, 5.41) is 7.38. The maximum Gasteiger partial charge on any atom is 0.267 e. The van der Waals surface area contributed by atoms with E-state index in [1.54, 1.807) is 18.5 Å². The monoisotopic (exact) mass is 352 g/mol. The summed E-state index contributed by atoms with van der Waals surface area (Å²) in [6.07, 6.45) is 8.48. The van der Waals surface area contributed by atoms with Crippen molar-refractivity contribution in [3.8, 4) is 11.3 Å². The number of nitrogens with one attached hydrogen (secondary N) is 1. The van der Waals surface area contributed by atoms with Crippen molar-refractivity contribution >= 4 is 5.95 Å². The van der Waals surface area contributed by atoms with Crippen LogP contribution in [-0.4, -0.2) is 31.3 Å². The second kappa shape index (κ2) is 8.11. The minimum atomic E-state index is -0.459. The smallest absolute Gasteiger partial charge is 0.267 e. The Kier molecular flexibility index (Phi) is 5.43. The molecule has 0 bridgehead atoms. The molecule has 3 aromatic heterocycles. The highest BCUT2D eigenvalue weighted by atomic mass is 19.1. The highest BCUT2D eigenvalue weighted by molar-refractivity contribution is 5.56. The minimum Gasteiger partial charge on any atom is -0.354 e. The van der Waals surface area contributed by atoms with Crippen molar-refractivity contribution in [3.63, 3.8) is 0 Å². The predicted octanol–water partition coefficient (Wildman–Crippen LogP) is 2.27. The van der Waals surface area contributed by atoms with Crippen LogP contribution in [0.5, 0.6) is 0 Å². The van der Waals surface area contributed by atoms with E-state index >= 15 is 0 Å². The first kappa shape index (κ1) is 17.4. The van der Waals surface area contributed by atoms with E-state index in [1.165, 1.54) is 23.0 Å². The SMILES string of the molecule is C=CCCNc1ncc(-c2ccc(=O)n(Cc3cncc(F)c3)n2)cn1. The van der Waals surface area contributed by atoms with Crippen LogP contribution in [-0.2, 0) is 6.54 Å². The van der Waals surface area contributed by atoms with Gasteiger partial charge in [-0.05, 0) is 24.1 Å². The molecule has 0 atom stereocenters. The number of nitrogens with zero attached hydrogens (tertiary/aromatic N) is 5. The van der Waals surface area contributed by atoms with Gasteiger partial charge >= 0.3 is 0 Å². The molecule has 0 fully saturated rings. The molecule has 0 saturated carbocycles. The topological polar surface area (TPSA) is 85.6 Å². The van der Waals surface area contributed by atoms with Crippen molar-refractivity contribution in [2.45, 2.75) is 13.0 Å². The molecule has 3 heterocycles. The number of anilines is 1. The Labute approximate surface area is 149 Å². The molecule has 0 aliphatic heterocycles. The highest BCUT2D eigenvalue weighted by Crippen LogP contribution is 2.14. The van der Waals surface area contributed by atoms with E-state index in [4.69, 9.17) is 0 Å². The van der Waals surface area contributed by atoms with Gasteiger partial charge in [0, 0.05) is 36.8 Å². The quantitative estimate of drug-likeness (QED) is 0.519. The Morgan fingerprint density at radius 3 is 2.73 bits per heavy atom. The number of hydrogen-bond acceptors (Lipinski definition) is 6. The normalized spacial score (nSPS) is 10.5. The number of halogens is 1. The zero-order chi connectivity index (χ0) is 18.4. The molecule has 7 nitrogen and oxygen atoms in total. The second-order valence-corrected chi connectivity index (χ2v) is 5.53. The van der Waals surface area contributed by atoms with Gasteiger partial charge in [0.2, 0.25) is 5.95 Å². The Bertz CT molecular complexity index is 954. The first-order chi connectivity index (χ1) is 12.7. The summed E-state index contributed by atoms with van der Waals surface area (Å²) in [7, 11) is 0. The van der Waals surface area contributed by atoms with Crippen molar-refractivity contribution in [2.75, 3.05) is 11.9 Å². The van der Waals surface area contributed by atoms with Crippen LogP contribution < -0.4 is 10.9 Å². The zero-order valence-corrected chi connectivity index (χ0v) is 14.0. The molecule has 0 saturated heterocycles. The van der Waals surface area contributed by atoms with Gasteiger partial charge in [-0.1, -0.05) is 6.08 Å². The van der Waals surface area contributed by atoms with Gasteiger partial charge in [0.15, 0.2) is 0 Å². The van der Waals surface area contributed by atoms with Gasteiger partial charge in [0.1, 0.15) is 5.82 Å². The molecule has 0 spiro atoms. The zero-order valence-electron chi connectivity index (χ0n) is 14.0. The Morgan fingerprint density at radius 1 is 1.19 bits per heavy atom. The van der Waals surface area contributed by atoms with Gasteiger partial charge in [-0.15, -0.1) is 6.58 Å². The lowest BCUT2D eigenvalue weighted by molar-refractivity contribution is 0.604. The summed E-state index contributed by atoms with van der Waals surface area (Å²) >= 11 is 0. The number of aromatic nitrogens is 5. The van der Waals surface area contributed by atoms with Crippen molar-refractivity contribution < 1.29 is 4.39 Å². The molecule has 26 heavy (non-hydrogen) atoms. The van der Waals surface area contributed by atoms with Crippen molar-refractivity contribution in [3.05, 3.63) is 77.4 Å². The van der Waals surface area contributed by atoms with Crippen LogP contribution in [0.25, 0.3) is 11.3 Å². The van der Waals surface area contributed by atoms with E-state index in [-0.39, 0.29) is 12.1 Å². The third-order valence-electron chi connectivity index (χ3n) is 3.54. The van der Waals surface area contributed by atoms with E-state index < -0.39 is 5.82 Å². The van der Waals surface area contributed by atoms with E-state index in [0.717, 1.165) is 12.6 Å². The number of pyridine rings is 1. The van der Waals surface area contributed by atoms with Gasteiger partial charge in [0.25, 0.3) is 5.56 Å². The summed E-state index contributed by atoms with van der Waals surface area (Å²) in [6.45, 7) is 4.48. The Hall–Kier alpha value is -3.42. The molecule has 8 heteroatoms. The minimum absolute atomic E-state index is 0.124. The average molecular weight is 352 g/mol. The summed E-state index contributed by atoms with van der Waals surface area (Å²) < 4.78 is 14.5. The molecule has 132 valence electrons. The molecular weight excluding hydrogens is 335 g/mol. The first-order valence-electron chi connectivity index (χ1n) is 8.00. The third kappa shape index (κ3) is 4.35. The van der Waals surface area contributed by atoms with Crippen LogP contribution in [0, 0.1) is 5.82 Å². The molecular formula is C18H17FN6O. The van der Waals surface area contributed by atoms with E-state index in [9.17, 15) is 9.18 Å². The maximum atomic E-state index is 13.3. The lowest BCUT2D eigenvalue weighted by Crippen LogP contribution is -2.23. The van der Waals surface area contributed by atoms with Crippen LogP contribution >= 0.6 is 0 Å². The number of rotatable bonds is 7. The van der Waals surface area contributed by atoms with Crippen LogP contribution in [0.15, 0.2) is 60.4 Å². The molecule has 1 N–H and O–H groups in total. The van der Waals surface area contributed by atoms with Crippen LogP contribution in [0.1, 0.15) is 12.0 Å². The molecule has 0 aliphatic carbocycles. The fraction of sp³-hybridized carbons (Fsp3) is 0.167. The average Bonchev–Trinajstić information content (AvgIpc) is 2.64. The van der Waals surface area contributed by atoms with E-state index in [2.05, 4.69) is 31.9 Å². The Morgan fingerprint density at radius 2 is 2.00 bits per heavy atom. The van der Waals surface area contributed by atoms with Gasteiger partial charge in [-0.2, -0.15) is 5.10 Å². The molecule has 0 amide bonds. The number of hydrogen-bond donors (Lipinski definition) is 1. The largest absolute Gasteiger partial charge is 0.354 e. The van der Waals surface area contributed by atoms with E-state index in [1.807, 2.05) is 6.08 Å². The second-order valence-electron chi connectivity index (χ2n) is 5.53. The van der Waals surface area contributed by atoms with Crippen LogP contribution in [0.3, 0.4) is 0 Å². The van der Waals surface area contributed by atoms with Crippen molar-refractivity contribution in [2.24, 2.45) is 0 Å². The molecule has 3 aromatic rings. The summed E-state index contributed by atoms with van der Waals surface area (Å²) in [5.74, 6) is 0.0504. The lowest BCUT2D eigenvalue weighted by Gasteiger charge is -2.08. The molecule has 3 rings (SSSR count). The van der Waals surface area contributed by atoms with Gasteiger partial charge in [0.05, 0.1) is 18.4 Å². The Balaban J connectivity index is 1.80. The maximum absolute atomic E-state index is 13.3. The third-order valence-corrected chi connectivity index (χ3v) is 3.54. The lowest BCUT2D eigenvalue weighted by atomic mass is 10.2. The molecule has 0 aromatic carbocycles. The summed E-state index contributed by atoms with van der Waals surface area (Å²) in [5.41, 5.74) is 1.48. The van der Waals surface area contributed by atoms with Gasteiger partial charge in [-0.25, -0.2) is 19.0 Å². The molecule has 0 radical (unpaired) electrons. The first-order valence-corrected chi connectivity index (χ1v) is 8.00. The summed E-state index contributed by atoms with van der Waals surface area (Å²) in [6, 6.07) is 4.33. The van der Waals surface area contributed by atoms with Crippen LogP contribution in [0.4, 0.5) is 10.3 Å². The van der Waals surface area contributed by atoms with Crippen molar-refractivity contribution in [1.82, 2.24) is 24.7 Å². The molecule has 0 unspecified atom stereocenters. The standard InChI is InChI=1S/C18H17FN6O/c1-2-3-6-21-18-22-9-14(10-23-18)16-4-5-17(26)25(24-16)12-13-7-15(19)11-20-8-13/h2,4-5,7-11H,1,3,6,12H2,(H,21,22,23). The fourth-order valence-corrected chi connectivity index (χ4v) is 2.27. The van der Waals surface area contributed by atoms with Gasteiger partial charge in [-0.3, -0.25) is 9.78 Å². The fourth-order valence-electron chi connectivity index (χ4n) is 2.27. The van der Waals surface area contributed by atoms with Gasteiger partial charge < -0.3 is 5.32 Å². The highest BCUT2D eigenvalue weighted by Gasteiger charge is 2.07. The van der Waals surface area contributed by atoms with E-state index in [0.29, 0.717) is 29.3 Å². The predicted molar refractivity (Wildman–Crippen MR) is 96.1 cm³/mol. The van der Waals surface area contributed by atoms with Crippen LogP contribution in [0.2, 0.25) is 0 Å². The summed E-state index contributed by atoms with van der Waals surface area (Å²) in [4.78, 5) is 24.3.